The molecule has 0 amide bonds. The molecule has 1 heterocycles. The van der Waals surface area contributed by atoms with E-state index < -0.39 is 0 Å². The van der Waals surface area contributed by atoms with Crippen molar-refractivity contribution in [1.29, 1.82) is 0 Å². The lowest BCUT2D eigenvalue weighted by atomic mass is 10.0. The van der Waals surface area contributed by atoms with Crippen LogP contribution in [0.1, 0.15) is 47.0 Å². The van der Waals surface area contributed by atoms with Gasteiger partial charge in [-0.05, 0) is 74.1 Å². The molecule has 1 N–H and O–H groups in total. The van der Waals surface area contributed by atoms with Crippen LogP contribution in [0.3, 0.4) is 0 Å². The number of hydrogen-bond acceptors (Lipinski definition) is 3. The molecule has 1 rings (SSSR count). The molecule has 1 saturated heterocycles. The fourth-order valence-electron chi connectivity index (χ4n) is 2.69. The Balaban J connectivity index is 2.29. The van der Waals surface area contributed by atoms with Gasteiger partial charge in [0.15, 0.2) is 0 Å². The van der Waals surface area contributed by atoms with E-state index in [0.717, 1.165) is 12.6 Å². The van der Waals surface area contributed by atoms with Gasteiger partial charge in [-0.15, -0.1) is 0 Å². The molecule has 0 bridgehead atoms. The summed E-state index contributed by atoms with van der Waals surface area (Å²) >= 11 is 0. The van der Waals surface area contributed by atoms with Crippen LogP contribution >= 0.6 is 0 Å². The fourth-order valence-corrected chi connectivity index (χ4v) is 2.69. The summed E-state index contributed by atoms with van der Waals surface area (Å²) in [5, 5.41) is 3.58. The average Bonchev–Trinajstić information content (AvgIpc) is 2.26. The van der Waals surface area contributed by atoms with Crippen molar-refractivity contribution >= 4 is 0 Å². The molecule has 0 aromatic carbocycles. The third-order valence-electron chi connectivity index (χ3n) is 4.09. The number of nitrogens with one attached hydrogen (secondary N) is 1. The van der Waals surface area contributed by atoms with Gasteiger partial charge in [0.1, 0.15) is 0 Å². The Morgan fingerprint density at radius 3 is 2.61 bits per heavy atom. The van der Waals surface area contributed by atoms with E-state index in [9.17, 15) is 0 Å². The van der Waals surface area contributed by atoms with Crippen molar-refractivity contribution < 1.29 is 0 Å². The van der Waals surface area contributed by atoms with Gasteiger partial charge < -0.3 is 10.2 Å². The minimum atomic E-state index is 0.239. The van der Waals surface area contributed by atoms with Crippen LogP contribution in [-0.4, -0.2) is 61.2 Å². The van der Waals surface area contributed by atoms with Crippen molar-refractivity contribution in [2.45, 2.75) is 64.6 Å². The average molecular weight is 255 g/mol. The lowest BCUT2D eigenvalue weighted by Crippen LogP contribution is -2.49. The highest BCUT2D eigenvalue weighted by molar-refractivity contribution is 4.81. The monoisotopic (exact) mass is 255 g/mol. The first-order chi connectivity index (χ1) is 8.29. The highest BCUT2D eigenvalue weighted by atomic mass is 15.2. The standard InChI is InChI=1S/C15H33N3/c1-13(9-10-16-15(2,3)4)18(6)14-8-7-11-17(5)12-14/h13-14,16H,7-12H2,1-6H3. The topological polar surface area (TPSA) is 18.5 Å². The third-order valence-corrected chi connectivity index (χ3v) is 4.09. The maximum absolute atomic E-state index is 3.58. The van der Waals surface area contributed by atoms with Gasteiger partial charge in [-0.3, -0.25) is 4.90 Å². The lowest BCUT2D eigenvalue weighted by molar-refractivity contribution is 0.101. The van der Waals surface area contributed by atoms with Gasteiger partial charge in [0.2, 0.25) is 0 Å². The van der Waals surface area contributed by atoms with E-state index in [-0.39, 0.29) is 5.54 Å². The van der Waals surface area contributed by atoms with Gasteiger partial charge in [0.25, 0.3) is 0 Å². The van der Waals surface area contributed by atoms with E-state index in [1.807, 2.05) is 0 Å². The molecule has 0 spiro atoms. The first kappa shape index (κ1) is 15.9. The van der Waals surface area contributed by atoms with Crippen LogP contribution in [0.15, 0.2) is 0 Å². The predicted octanol–water partition coefficient (Wildman–Crippen LogP) is 2.18. The molecule has 1 aliphatic rings. The Hall–Kier alpha value is -0.120. The van der Waals surface area contributed by atoms with E-state index in [2.05, 4.69) is 56.9 Å². The van der Waals surface area contributed by atoms with Gasteiger partial charge in [-0.2, -0.15) is 0 Å². The zero-order valence-electron chi connectivity index (χ0n) is 13.3. The molecule has 3 nitrogen and oxygen atoms in total. The molecule has 0 aliphatic carbocycles. The van der Waals surface area contributed by atoms with Crippen LogP contribution in [0, 0.1) is 0 Å². The zero-order valence-corrected chi connectivity index (χ0v) is 13.3. The first-order valence-electron chi connectivity index (χ1n) is 7.45. The number of hydrogen-bond donors (Lipinski definition) is 1. The fraction of sp³-hybridized carbons (Fsp3) is 1.00. The van der Waals surface area contributed by atoms with Crippen LogP contribution in [0.5, 0.6) is 0 Å². The second kappa shape index (κ2) is 6.88. The maximum atomic E-state index is 3.58. The van der Waals surface area contributed by atoms with E-state index in [4.69, 9.17) is 0 Å². The van der Waals surface area contributed by atoms with E-state index in [1.165, 1.54) is 32.4 Å². The SMILES string of the molecule is CC(CCNC(C)(C)C)N(C)C1CCCN(C)C1. The quantitative estimate of drug-likeness (QED) is 0.812. The van der Waals surface area contributed by atoms with Gasteiger partial charge in [-0.25, -0.2) is 0 Å². The second-order valence-corrected chi connectivity index (χ2v) is 7.04. The molecule has 3 heteroatoms. The van der Waals surface area contributed by atoms with Gasteiger partial charge in [-0.1, -0.05) is 0 Å². The van der Waals surface area contributed by atoms with Crippen molar-refractivity contribution in [1.82, 2.24) is 15.1 Å². The Bertz CT molecular complexity index is 234. The molecule has 1 fully saturated rings. The summed E-state index contributed by atoms with van der Waals surface area (Å²) in [4.78, 5) is 5.05. The van der Waals surface area contributed by atoms with E-state index in [0.29, 0.717) is 6.04 Å². The van der Waals surface area contributed by atoms with Crippen LogP contribution in [0.25, 0.3) is 0 Å². The summed E-state index contributed by atoms with van der Waals surface area (Å²) in [6.45, 7) is 12.7. The summed E-state index contributed by atoms with van der Waals surface area (Å²) in [6.07, 6.45) is 3.93. The molecule has 2 atom stereocenters. The van der Waals surface area contributed by atoms with Crippen LogP contribution in [0.4, 0.5) is 0 Å². The molecule has 108 valence electrons. The molecule has 18 heavy (non-hydrogen) atoms. The van der Waals surface area contributed by atoms with Crippen LogP contribution in [0.2, 0.25) is 0 Å². The van der Waals surface area contributed by atoms with Gasteiger partial charge in [0.05, 0.1) is 0 Å². The molecule has 0 aromatic heterocycles. The third kappa shape index (κ3) is 5.68. The number of likely N-dealkylation sites (N-methyl/N-ethyl adjacent to an activating group) is 2. The van der Waals surface area contributed by atoms with Crippen LogP contribution < -0.4 is 5.32 Å². The summed E-state index contributed by atoms with van der Waals surface area (Å²) in [5.74, 6) is 0. The van der Waals surface area contributed by atoms with Crippen molar-refractivity contribution in [3.8, 4) is 0 Å². The summed E-state index contributed by atoms with van der Waals surface area (Å²) < 4.78 is 0. The number of piperidine rings is 1. The Morgan fingerprint density at radius 1 is 1.39 bits per heavy atom. The van der Waals surface area contributed by atoms with Crippen molar-refractivity contribution in [3.63, 3.8) is 0 Å². The molecular weight excluding hydrogens is 222 g/mol. The first-order valence-corrected chi connectivity index (χ1v) is 7.45. The number of nitrogens with zero attached hydrogens (tertiary/aromatic N) is 2. The molecule has 2 unspecified atom stereocenters. The number of likely N-dealkylation sites (tertiary alicyclic amines) is 1. The molecule has 0 saturated carbocycles. The molecule has 0 aromatic rings. The Morgan fingerprint density at radius 2 is 2.06 bits per heavy atom. The molecule has 0 radical (unpaired) electrons. The normalized spacial score (nSPS) is 24.5. The van der Waals surface area contributed by atoms with E-state index in [1.54, 1.807) is 0 Å². The highest BCUT2D eigenvalue weighted by Crippen LogP contribution is 2.16. The van der Waals surface area contributed by atoms with Crippen molar-refractivity contribution in [2.24, 2.45) is 0 Å². The summed E-state index contributed by atoms with van der Waals surface area (Å²) in [5.41, 5.74) is 0.239. The van der Waals surface area contributed by atoms with Gasteiger partial charge >= 0.3 is 0 Å². The van der Waals surface area contributed by atoms with Crippen molar-refractivity contribution in [3.05, 3.63) is 0 Å². The van der Waals surface area contributed by atoms with Crippen molar-refractivity contribution in [2.75, 3.05) is 33.7 Å². The second-order valence-electron chi connectivity index (χ2n) is 7.04. The lowest BCUT2D eigenvalue weighted by Gasteiger charge is -2.39. The molecule has 1 aliphatic heterocycles. The number of rotatable bonds is 5. The minimum absolute atomic E-state index is 0.239. The largest absolute Gasteiger partial charge is 0.312 e. The predicted molar refractivity (Wildman–Crippen MR) is 80.1 cm³/mol. The van der Waals surface area contributed by atoms with E-state index >= 15 is 0 Å². The molecular formula is C15H33N3. The maximum Gasteiger partial charge on any atom is 0.0223 e. The Labute approximate surface area is 114 Å². The highest BCUT2D eigenvalue weighted by Gasteiger charge is 2.24. The smallest absolute Gasteiger partial charge is 0.0223 e. The Kier molecular flexibility index (Phi) is 6.09. The van der Waals surface area contributed by atoms with Gasteiger partial charge in [0, 0.05) is 24.2 Å². The summed E-state index contributed by atoms with van der Waals surface area (Å²) in [6, 6.07) is 1.41. The zero-order chi connectivity index (χ0) is 13.8. The van der Waals surface area contributed by atoms with Crippen LogP contribution in [-0.2, 0) is 0 Å². The minimum Gasteiger partial charge on any atom is -0.312 e. The summed E-state index contributed by atoms with van der Waals surface area (Å²) in [7, 11) is 4.54.